The first-order valence-corrected chi connectivity index (χ1v) is 4.86. The Morgan fingerprint density at radius 1 is 1.73 bits per heavy atom. The van der Waals surface area contributed by atoms with E-state index < -0.39 is 5.54 Å². The fourth-order valence-corrected chi connectivity index (χ4v) is 1.73. The average molecular weight is 210 g/mol. The van der Waals surface area contributed by atoms with Crippen LogP contribution in [0, 0.1) is 5.92 Å². The van der Waals surface area contributed by atoms with Crippen molar-refractivity contribution in [1.29, 1.82) is 0 Å². The van der Waals surface area contributed by atoms with E-state index >= 15 is 0 Å². The van der Waals surface area contributed by atoms with Gasteiger partial charge in [0.1, 0.15) is 18.2 Å². The molecule has 15 heavy (non-hydrogen) atoms. The first-order chi connectivity index (χ1) is 7.16. The second-order valence-electron chi connectivity index (χ2n) is 3.90. The van der Waals surface area contributed by atoms with E-state index in [0.717, 1.165) is 12.8 Å². The van der Waals surface area contributed by atoms with Crippen LogP contribution in [0.2, 0.25) is 0 Å². The molecule has 6 heteroatoms. The molecule has 0 spiro atoms. The number of hydrogen-bond acceptors (Lipinski definition) is 5. The Kier molecular flexibility index (Phi) is 2.44. The van der Waals surface area contributed by atoms with Crippen molar-refractivity contribution in [2.75, 3.05) is 7.11 Å². The highest BCUT2D eigenvalue weighted by molar-refractivity contribution is 5.81. The molecule has 0 radical (unpaired) electrons. The SMILES string of the molecule is COC(=O)C(N)(Cn1cncn1)C1CC1. The minimum Gasteiger partial charge on any atom is -0.468 e. The molecular formula is C9H14N4O2. The fraction of sp³-hybridized carbons (Fsp3) is 0.667. The van der Waals surface area contributed by atoms with Gasteiger partial charge in [-0.3, -0.25) is 4.68 Å². The number of nitrogens with zero attached hydrogens (tertiary/aromatic N) is 3. The molecule has 0 aliphatic heterocycles. The van der Waals surface area contributed by atoms with Gasteiger partial charge in [-0.15, -0.1) is 0 Å². The van der Waals surface area contributed by atoms with Crippen LogP contribution in [0.15, 0.2) is 12.7 Å². The number of carbonyl (C=O) groups excluding carboxylic acids is 1. The number of rotatable bonds is 4. The standard InChI is InChI=1S/C9H14N4O2/c1-15-8(14)9(10,7-2-3-7)4-13-6-11-5-12-13/h5-7H,2-4,10H2,1H3. The summed E-state index contributed by atoms with van der Waals surface area (Å²) in [5, 5.41) is 3.95. The van der Waals surface area contributed by atoms with E-state index in [-0.39, 0.29) is 11.9 Å². The maximum absolute atomic E-state index is 11.6. The first-order valence-electron chi connectivity index (χ1n) is 4.86. The zero-order valence-corrected chi connectivity index (χ0v) is 8.59. The Morgan fingerprint density at radius 3 is 2.93 bits per heavy atom. The van der Waals surface area contributed by atoms with Crippen molar-refractivity contribution in [3.05, 3.63) is 12.7 Å². The third kappa shape index (κ3) is 1.85. The number of aromatic nitrogens is 3. The number of hydrogen-bond donors (Lipinski definition) is 1. The summed E-state index contributed by atoms with van der Waals surface area (Å²) in [7, 11) is 1.35. The van der Waals surface area contributed by atoms with Gasteiger partial charge in [-0.1, -0.05) is 0 Å². The second kappa shape index (κ2) is 3.62. The number of methoxy groups -OCH3 is 1. The van der Waals surface area contributed by atoms with Gasteiger partial charge >= 0.3 is 5.97 Å². The zero-order valence-electron chi connectivity index (χ0n) is 8.59. The van der Waals surface area contributed by atoms with Crippen LogP contribution in [0.4, 0.5) is 0 Å². The lowest BCUT2D eigenvalue weighted by atomic mass is 9.95. The molecule has 0 bridgehead atoms. The van der Waals surface area contributed by atoms with Crippen LogP contribution in [-0.2, 0) is 16.1 Å². The summed E-state index contributed by atoms with van der Waals surface area (Å²) in [4.78, 5) is 15.4. The molecule has 0 amide bonds. The Balaban J connectivity index is 2.15. The normalized spacial score (nSPS) is 19.6. The summed E-state index contributed by atoms with van der Waals surface area (Å²) >= 11 is 0. The minimum absolute atomic E-state index is 0.203. The van der Waals surface area contributed by atoms with Crippen LogP contribution < -0.4 is 5.73 Å². The number of ether oxygens (including phenoxy) is 1. The van der Waals surface area contributed by atoms with E-state index in [1.54, 1.807) is 11.0 Å². The molecule has 1 aromatic heterocycles. The predicted molar refractivity (Wildman–Crippen MR) is 51.7 cm³/mol. The molecule has 1 aliphatic rings. The summed E-state index contributed by atoms with van der Waals surface area (Å²) in [6.45, 7) is 0.324. The van der Waals surface area contributed by atoms with Crippen molar-refractivity contribution in [2.24, 2.45) is 11.7 Å². The molecule has 1 heterocycles. The summed E-state index contributed by atoms with van der Waals surface area (Å²) in [6.07, 6.45) is 4.91. The van der Waals surface area contributed by atoms with Crippen molar-refractivity contribution in [3.8, 4) is 0 Å². The lowest BCUT2D eigenvalue weighted by Crippen LogP contribution is -2.54. The Hall–Kier alpha value is -1.43. The number of nitrogens with two attached hydrogens (primary N) is 1. The van der Waals surface area contributed by atoms with Crippen LogP contribution in [0.25, 0.3) is 0 Å². The van der Waals surface area contributed by atoms with Gasteiger partial charge < -0.3 is 10.5 Å². The lowest BCUT2D eigenvalue weighted by molar-refractivity contribution is -0.148. The van der Waals surface area contributed by atoms with Gasteiger partial charge in [-0.25, -0.2) is 9.78 Å². The third-order valence-corrected chi connectivity index (χ3v) is 2.76. The second-order valence-corrected chi connectivity index (χ2v) is 3.90. The summed E-state index contributed by atoms with van der Waals surface area (Å²) in [6, 6.07) is 0. The van der Waals surface area contributed by atoms with E-state index in [4.69, 9.17) is 10.5 Å². The van der Waals surface area contributed by atoms with Crippen molar-refractivity contribution in [2.45, 2.75) is 24.9 Å². The predicted octanol–water partition coefficient (Wildman–Crippen LogP) is -0.441. The molecule has 1 fully saturated rings. The fourth-order valence-electron chi connectivity index (χ4n) is 1.73. The van der Waals surface area contributed by atoms with Gasteiger partial charge in [-0.05, 0) is 18.8 Å². The van der Waals surface area contributed by atoms with E-state index in [1.165, 1.54) is 13.4 Å². The largest absolute Gasteiger partial charge is 0.468 e. The molecule has 0 aromatic carbocycles. The van der Waals surface area contributed by atoms with Crippen LogP contribution in [0.3, 0.4) is 0 Å². The van der Waals surface area contributed by atoms with E-state index in [1.807, 2.05) is 0 Å². The highest BCUT2D eigenvalue weighted by atomic mass is 16.5. The van der Waals surface area contributed by atoms with Gasteiger partial charge in [0.2, 0.25) is 0 Å². The van der Waals surface area contributed by atoms with Gasteiger partial charge in [0, 0.05) is 0 Å². The van der Waals surface area contributed by atoms with Crippen LogP contribution in [0.5, 0.6) is 0 Å². The average Bonchev–Trinajstić information content (AvgIpc) is 2.98. The van der Waals surface area contributed by atoms with Crippen LogP contribution in [0.1, 0.15) is 12.8 Å². The topological polar surface area (TPSA) is 83.0 Å². The summed E-state index contributed by atoms with van der Waals surface area (Å²) in [5.74, 6) is -0.172. The molecule has 1 unspecified atom stereocenters. The van der Waals surface area contributed by atoms with Gasteiger partial charge in [0.25, 0.3) is 0 Å². The summed E-state index contributed by atoms with van der Waals surface area (Å²) in [5.41, 5.74) is 5.13. The Morgan fingerprint density at radius 2 is 2.47 bits per heavy atom. The number of esters is 1. The van der Waals surface area contributed by atoms with Crippen molar-refractivity contribution in [1.82, 2.24) is 14.8 Å². The van der Waals surface area contributed by atoms with Crippen LogP contribution >= 0.6 is 0 Å². The highest BCUT2D eigenvalue weighted by Crippen LogP contribution is 2.39. The maximum Gasteiger partial charge on any atom is 0.328 e. The van der Waals surface area contributed by atoms with Gasteiger partial charge in [-0.2, -0.15) is 5.10 Å². The molecule has 2 N–H and O–H groups in total. The lowest BCUT2D eigenvalue weighted by Gasteiger charge is -2.25. The summed E-state index contributed by atoms with van der Waals surface area (Å²) < 4.78 is 6.30. The van der Waals surface area contributed by atoms with Crippen molar-refractivity contribution in [3.63, 3.8) is 0 Å². The molecule has 2 rings (SSSR count). The molecule has 6 nitrogen and oxygen atoms in total. The smallest absolute Gasteiger partial charge is 0.328 e. The molecule has 1 saturated carbocycles. The molecule has 1 aliphatic carbocycles. The van der Waals surface area contributed by atoms with Gasteiger partial charge in [0.05, 0.1) is 13.7 Å². The van der Waals surface area contributed by atoms with Crippen molar-refractivity contribution < 1.29 is 9.53 Å². The minimum atomic E-state index is -0.956. The Labute approximate surface area is 87.4 Å². The first kappa shape index (κ1) is 10.1. The molecule has 1 aromatic rings. The van der Waals surface area contributed by atoms with E-state index in [9.17, 15) is 4.79 Å². The van der Waals surface area contributed by atoms with Crippen LogP contribution in [-0.4, -0.2) is 33.4 Å². The zero-order chi connectivity index (χ0) is 10.9. The van der Waals surface area contributed by atoms with E-state index in [2.05, 4.69) is 10.1 Å². The third-order valence-electron chi connectivity index (χ3n) is 2.76. The highest BCUT2D eigenvalue weighted by Gasteiger charge is 2.49. The quantitative estimate of drug-likeness (QED) is 0.681. The molecule has 82 valence electrons. The maximum atomic E-state index is 11.6. The van der Waals surface area contributed by atoms with Crippen molar-refractivity contribution >= 4 is 5.97 Å². The molecular weight excluding hydrogens is 196 g/mol. The Bertz CT molecular complexity index is 347. The molecule has 1 atom stereocenters. The van der Waals surface area contributed by atoms with Gasteiger partial charge in [0.15, 0.2) is 0 Å². The van der Waals surface area contributed by atoms with E-state index in [0.29, 0.717) is 6.54 Å². The molecule has 0 saturated heterocycles. The monoisotopic (exact) mass is 210 g/mol. The number of carbonyl (C=O) groups is 1.